The lowest BCUT2D eigenvalue weighted by Gasteiger charge is -2.18. The Morgan fingerprint density at radius 1 is 0.860 bits per heavy atom. The molecule has 4 aromatic carbocycles. The molecular weight excluding hydrogens is 542 g/mol. The zero-order valence-corrected chi connectivity index (χ0v) is 24.1. The molecule has 0 bridgehead atoms. The maximum atomic E-state index is 13.1. The number of hydrogen-bond acceptors (Lipinski definition) is 6. The lowest BCUT2D eigenvalue weighted by atomic mass is 10.0. The Morgan fingerprint density at radius 2 is 1.56 bits per heavy atom. The summed E-state index contributed by atoms with van der Waals surface area (Å²) in [6.45, 7) is 2.58. The molecule has 0 radical (unpaired) electrons. The topological polar surface area (TPSA) is 117 Å². The minimum absolute atomic E-state index is 0.0346. The van der Waals surface area contributed by atoms with Crippen molar-refractivity contribution in [3.8, 4) is 0 Å². The monoisotopic (exact) mass is 575 g/mol. The Hall–Kier alpha value is -5.44. The van der Waals surface area contributed by atoms with Gasteiger partial charge in [0, 0.05) is 37.9 Å². The van der Waals surface area contributed by atoms with Gasteiger partial charge < -0.3 is 25.3 Å². The van der Waals surface area contributed by atoms with Crippen LogP contribution >= 0.6 is 0 Å². The van der Waals surface area contributed by atoms with Crippen LogP contribution in [0.2, 0.25) is 0 Å². The van der Waals surface area contributed by atoms with Crippen molar-refractivity contribution >= 4 is 40.2 Å². The summed E-state index contributed by atoms with van der Waals surface area (Å²) >= 11 is 0. The Labute approximate surface area is 249 Å². The summed E-state index contributed by atoms with van der Waals surface area (Å²) in [5, 5.41) is 9.08. The first-order valence-corrected chi connectivity index (χ1v) is 14.0. The summed E-state index contributed by atoms with van der Waals surface area (Å²) in [4.78, 5) is 44.5. The molecular formula is C34H33N5O4. The van der Waals surface area contributed by atoms with E-state index in [0.717, 1.165) is 16.7 Å². The van der Waals surface area contributed by atoms with E-state index in [1.807, 2.05) is 78.9 Å². The molecule has 0 aliphatic rings. The van der Waals surface area contributed by atoms with Crippen LogP contribution in [-0.4, -0.2) is 28.9 Å². The van der Waals surface area contributed by atoms with Gasteiger partial charge >= 0.3 is 17.7 Å². The Kier molecular flexibility index (Phi) is 9.11. The molecule has 0 aliphatic carbocycles. The van der Waals surface area contributed by atoms with Crippen LogP contribution < -0.4 is 21.6 Å². The maximum absolute atomic E-state index is 13.1. The number of carbonyl (C=O) groups excluding carboxylic acids is 2. The van der Waals surface area contributed by atoms with E-state index in [4.69, 9.17) is 4.42 Å². The first-order chi connectivity index (χ1) is 20.9. The van der Waals surface area contributed by atoms with Crippen LogP contribution in [0, 0.1) is 6.92 Å². The predicted molar refractivity (Wildman–Crippen MR) is 168 cm³/mol. The summed E-state index contributed by atoms with van der Waals surface area (Å²) in [5.74, 6) is 0.0346. The molecule has 0 unspecified atom stereocenters. The van der Waals surface area contributed by atoms with Crippen molar-refractivity contribution in [2.24, 2.45) is 0 Å². The van der Waals surface area contributed by atoms with Gasteiger partial charge in [0.1, 0.15) is 0 Å². The number of urea groups is 1. The summed E-state index contributed by atoms with van der Waals surface area (Å²) in [5.41, 5.74) is 4.77. The van der Waals surface area contributed by atoms with Gasteiger partial charge in [0.2, 0.25) is 5.91 Å². The van der Waals surface area contributed by atoms with Gasteiger partial charge in [0.25, 0.3) is 0 Å². The second-order valence-electron chi connectivity index (χ2n) is 10.2. The Bertz CT molecular complexity index is 1790. The molecule has 0 spiro atoms. The van der Waals surface area contributed by atoms with Gasteiger partial charge in [-0.15, -0.1) is 0 Å². The predicted octanol–water partition coefficient (Wildman–Crippen LogP) is 6.15. The molecule has 9 heteroatoms. The van der Waals surface area contributed by atoms with E-state index in [1.165, 1.54) is 0 Å². The molecule has 1 heterocycles. The fourth-order valence-electron chi connectivity index (χ4n) is 4.83. The van der Waals surface area contributed by atoms with Gasteiger partial charge in [0.15, 0.2) is 0 Å². The minimum Gasteiger partial charge on any atom is -0.388 e. The molecule has 0 aliphatic heterocycles. The molecule has 0 saturated carbocycles. The number of aryl methyl sites for hydroxylation is 2. The Balaban J connectivity index is 1.25. The molecule has 218 valence electrons. The number of fused-ring (bicyclic) bond motifs is 1. The van der Waals surface area contributed by atoms with Crippen molar-refractivity contribution in [1.82, 2.24) is 15.2 Å². The number of para-hydroxylation sites is 2. The van der Waals surface area contributed by atoms with Gasteiger partial charge in [-0.25, -0.2) is 9.59 Å². The van der Waals surface area contributed by atoms with Crippen molar-refractivity contribution in [2.45, 2.75) is 32.9 Å². The van der Waals surface area contributed by atoms with Crippen LogP contribution in [0.4, 0.5) is 22.2 Å². The number of aromatic nitrogens is 1. The highest BCUT2D eigenvalue weighted by Crippen LogP contribution is 2.24. The third-order valence-corrected chi connectivity index (χ3v) is 7.20. The highest BCUT2D eigenvalue weighted by molar-refractivity contribution is 5.89. The van der Waals surface area contributed by atoms with E-state index in [2.05, 4.69) is 20.9 Å². The van der Waals surface area contributed by atoms with E-state index >= 15 is 0 Å². The largest absolute Gasteiger partial charge is 0.388 e. The molecule has 3 amide bonds. The van der Waals surface area contributed by atoms with Crippen LogP contribution in [0.5, 0.6) is 0 Å². The Morgan fingerprint density at radius 3 is 2.33 bits per heavy atom. The maximum Gasteiger partial charge on any atom is 0.348 e. The lowest BCUT2D eigenvalue weighted by Crippen LogP contribution is -2.28. The molecule has 5 rings (SSSR count). The zero-order chi connectivity index (χ0) is 30.2. The molecule has 3 N–H and O–H groups in total. The van der Waals surface area contributed by atoms with Crippen LogP contribution in [-0.2, 0) is 24.3 Å². The van der Waals surface area contributed by atoms with Crippen LogP contribution in [0.25, 0.3) is 10.9 Å². The van der Waals surface area contributed by atoms with E-state index < -0.39 is 5.63 Å². The molecule has 0 fully saturated rings. The third kappa shape index (κ3) is 7.45. The SMILES string of the molecule is Cc1c(CNC(=O)Nc2ccccc2)ccc2nc(Nc3ccccc3CCC(=O)N(C)Cc3ccccc3)oc(=O)c12. The van der Waals surface area contributed by atoms with Gasteiger partial charge in [-0.1, -0.05) is 72.8 Å². The van der Waals surface area contributed by atoms with Gasteiger partial charge in [0.05, 0.1) is 10.9 Å². The van der Waals surface area contributed by atoms with E-state index in [-0.39, 0.29) is 24.5 Å². The summed E-state index contributed by atoms with van der Waals surface area (Å²) in [6, 6.07) is 29.9. The molecule has 1 aromatic heterocycles. The van der Waals surface area contributed by atoms with Crippen molar-refractivity contribution < 1.29 is 14.0 Å². The van der Waals surface area contributed by atoms with Crippen LogP contribution in [0.3, 0.4) is 0 Å². The summed E-state index contributed by atoms with van der Waals surface area (Å²) < 4.78 is 5.57. The second-order valence-corrected chi connectivity index (χ2v) is 10.2. The van der Waals surface area contributed by atoms with Crippen molar-refractivity contribution in [2.75, 3.05) is 17.7 Å². The normalized spacial score (nSPS) is 10.7. The second kappa shape index (κ2) is 13.5. The van der Waals surface area contributed by atoms with Crippen molar-refractivity contribution in [3.05, 3.63) is 130 Å². The number of carbonyl (C=O) groups is 2. The summed E-state index contributed by atoms with van der Waals surface area (Å²) in [6.07, 6.45) is 0.836. The number of anilines is 3. The fraction of sp³-hybridized carbons (Fsp3) is 0.176. The number of nitrogens with zero attached hydrogens (tertiary/aromatic N) is 2. The van der Waals surface area contributed by atoms with E-state index in [1.54, 1.807) is 37.1 Å². The fourth-order valence-corrected chi connectivity index (χ4v) is 4.83. The number of hydrogen-bond donors (Lipinski definition) is 3. The molecule has 5 aromatic rings. The summed E-state index contributed by atoms with van der Waals surface area (Å²) in [7, 11) is 1.80. The standard InChI is InChI=1S/C34H33N5O4/c1-23-26(21-35-33(42)36-27-14-7-4-8-15-27)17-19-29-31(23)32(41)43-34(38-29)37-28-16-10-9-13-25(28)18-20-30(40)39(2)22-24-11-5-3-6-12-24/h3-17,19H,18,20-22H2,1-2H3,(H,37,38)(H2,35,36,42). The average Bonchev–Trinajstić information content (AvgIpc) is 3.01. The first kappa shape index (κ1) is 29.1. The minimum atomic E-state index is -0.532. The number of benzene rings is 4. The lowest BCUT2D eigenvalue weighted by molar-refractivity contribution is -0.130. The highest BCUT2D eigenvalue weighted by atomic mass is 16.4. The molecule has 0 atom stereocenters. The molecule has 9 nitrogen and oxygen atoms in total. The van der Waals surface area contributed by atoms with Crippen molar-refractivity contribution in [3.63, 3.8) is 0 Å². The number of nitrogens with one attached hydrogen (secondary N) is 3. The van der Waals surface area contributed by atoms with Crippen LogP contribution in [0.15, 0.2) is 106 Å². The van der Waals surface area contributed by atoms with Gasteiger partial charge in [-0.3, -0.25) is 4.79 Å². The highest BCUT2D eigenvalue weighted by Gasteiger charge is 2.15. The van der Waals surface area contributed by atoms with Crippen molar-refractivity contribution in [1.29, 1.82) is 0 Å². The average molecular weight is 576 g/mol. The van der Waals surface area contributed by atoms with E-state index in [9.17, 15) is 14.4 Å². The van der Waals surface area contributed by atoms with Gasteiger partial charge in [-0.2, -0.15) is 4.98 Å². The molecule has 0 saturated heterocycles. The number of amides is 3. The van der Waals surface area contributed by atoms with Gasteiger partial charge in [-0.05, 0) is 59.9 Å². The van der Waals surface area contributed by atoms with Crippen LogP contribution in [0.1, 0.15) is 28.7 Å². The third-order valence-electron chi connectivity index (χ3n) is 7.20. The zero-order valence-electron chi connectivity index (χ0n) is 24.1. The first-order valence-electron chi connectivity index (χ1n) is 14.0. The quantitative estimate of drug-likeness (QED) is 0.184. The number of rotatable bonds is 10. The molecule has 43 heavy (non-hydrogen) atoms. The van der Waals surface area contributed by atoms with E-state index in [0.29, 0.717) is 47.2 Å². The smallest absolute Gasteiger partial charge is 0.348 e.